The van der Waals surface area contributed by atoms with Gasteiger partial charge < -0.3 is 5.11 Å². The van der Waals surface area contributed by atoms with Gasteiger partial charge in [0.15, 0.2) is 0 Å². The van der Waals surface area contributed by atoms with E-state index >= 15 is 0 Å². The minimum atomic E-state index is -3.50. The second-order valence-electron chi connectivity index (χ2n) is 8.71. The number of hydrogen-bond donors (Lipinski definition) is 2. The summed E-state index contributed by atoms with van der Waals surface area (Å²) in [5.74, 6) is 0.535. The van der Waals surface area contributed by atoms with Gasteiger partial charge in [0.05, 0.1) is 23.9 Å². The minimum absolute atomic E-state index is 0.0245. The summed E-state index contributed by atoms with van der Waals surface area (Å²) in [5.41, 5.74) is 3.10. The van der Waals surface area contributed by atoms with E-state index in [0.717, 1.165) is 23.2 Å². The van der Waals surface area contributed by atoms with E-state index in [1.54, 1.807) is 12.3 Å². The summed E-state index contributed by atoms with van der Waals surface area (Å²) in [6, 6.07) is 13.3. The van der Waals surface area contributed by atoms with E-state index < -0.39 is 15.3 Å². The molecule has 31 heavy (non-hydrogen) atoms. The maximum Gasteiger partial charge on any atom is 0.217 e. The molecule has 1 aliphatic heterocycles. The molecule has 2 N–H and O–H groups in total. The molecule has 2 heterocycles. The second-order valence-corrected chi connectivity index (χ2v) is 10.6. The van der Waals surface area contributed by atoms with E-state index in [1.165, 1.54) is 0 Å². The number of aliphatic hydroxyl groups excluding tert-OH is 1. The van der Waals surface area contributed by atoms with Crippen LogP contribution >= 0.6 is 0 Å². The summed E-state index contributed by atoms with van der Waals surface area (Å²) in [7, 11) is -3.50. The molecule has 0 spiro atoms. The Morgan fingerprint density at radius 2 is 2.03 bits per heavy atom. The fourth-order valence-electron chi connectivity index (χ4n) is 5.14. The van der Waals surface area contributed by atoms with E-state index in [1.807, 2.05) is 36.4 Å². The first-order valence-electron chi connectivity index (χ1n) is 10.6. The third-order valence-electron chi connectivity index (χ3n) is 7.00. The zero-order chi connectivity index (χ0) is 22.2. The fraction of sp³-hybridized carbons (Fsp3) is 0.417. The largest absolute Gasteiger partial charge is 0.395 e. The van der Waals surface area contributed by atoms with Crippen molar-refractivity contribution in [3.63, 3.8) is 0 Å². The van der Waals surface area contributed by atoms with Crippen molar-refractivity contribution in [1.82, 2.24) is 9.71 Å². The van der Waals surface area contributed by atoms with Crippen molar-refractivity contribution in [1.29, 1.82) is 5.26 Å². The molecule has 2 aromatic rings. The number of nitrogens with one attached hydrogen (secondary N) is 1. The molecule has 162 valence electrons. The van der Waals surface area contributed by atoms with E-state index in [2.05, 4.69) is 35.7 Å². The number of benzene rings is 1. The van der Waals surface area contributed by atoms with E-state index in [0.29, 0.717) is 17.4 Å². The van der Waals surface area contributed by atoms with Gasteiger partial charge in [-0.3, -0.25) is 4.98 Å². The summed E-state index contributed by atoms with van der Waals surface area (Å²) in [5, 5.41) is 18.3. The first-order valence-corrected chi connectivity index (χ1v) is 12.2. The van der Waals surface area contributed by atoms with E-state index in [4.69, 9.17) is 0 Å². The number of aliphatic hydroxyl groups is 1. The molecule has 6 nitrogen and oxygen atoms in total. The average molecular weight is 438 g/mol. The Hall–Kier alpha value is -2.53. The van der Waals surface area contributed by atoms with Gasteiger partial charge in [-0.25, -0.2) is 13.1 Å². The molecule has 6 atom stereocenters. The lowest BCUT2D eigenvalue weighted by molar-refractivity contribution is 0.110. The third-order valence-corrected chi connectivity index (χ3v) is 8.89. The Morgan fingerprint density at radius 1 is 1.26 bits per heavy atom. The van der Waals surface area contributed by atoms with E-state index in [-0.39, 0.29) is 24.5 Å². The molecule has 1 aromatic carbocycles. The smallest absolute Gasteiger partial charge is 0.217 e. The van der Waals surface area contributed by atoms with E-state index in [9.17, 15) is 18.8 Å². The van der Waals surface area contributed by atoms with Crippen LogP contribution in [-0.4, -0.2) is 36.4 Å². The summed E-state index contributed by atoms with van der Waals surface area (Å²) >= 11 is 0. The molecule has 0 amide bonds. The number of fused-ring (bicyclic) bond motifs is 1. The van der Waals surface area contributed by atoms with Crippen molar-refractivity contribution >= 4 is 16.1 Å². The molecule has 1 saturated heterocycles. The highest BCUT2D eigenvalue weighted by molar-refractivity contribution is 7.90. The zero-order valence-corrected chi connectivity index (χ0v) is 18.5. The molecule has 2 fully saturated rings. The van der Waals surface area contributed by atoms with Gasteiger partial charge in [-0.1, -0.05) is 44.2 Å². The summed E-state index contributed by atoms with van der Waals surface area (Å²) in [4.78, 5) is 4.53. The SMILES string of the molecule is C[C@H]1[C@H](C=Cc2ccc(-c3ccccc3C#N)cn2)[C@@H]2[C@@H](CO)S(=O)(=O)N[C@@H]2C[C@@H]1C. The lowest BCUT2D eigenvalue weighted by atomic mass is 9.64. The maximum absolute atomic E-state index is 12.5. The van der Waals surface area contributed by atoms with Gasteiger partial charge in [0, 0.05) is 29.3 Å². The van der Waals surface area contributed by atoms with Crippen LogP contribution in [0.1, 0.15) is 31.5 Å². The van der Waals surface area contributed by atoms with Crippen molar-refractivity contribution < 1.29 is 13.5 Å². The molecule has 1 saturated carbocycles. The number of nitriles is 1. The number of allylic oxidation sites excluding steroid dienone is 1. The van der Waals surface area contributed by atoms with Gasteiger partial charge in [0.1, 0.15) is 5.25 Å². The molecule has 2 aliphatic rings. The lowest BCUT2D eigenvalue weighted by Gasteiger charge is -2.41. The monoisotopic (exact) mass is 437 g/mol. The number of nitrogens with zero attached hydrogens (tertiary/aromatic N) is 2. The van der Waals surface area contributed by atoms with Crippen molar-refractivity contribution in [2.24, 2.45) is 23.7 Å². The molecular formula is C24H27N3O3S. The predicted octanol–water partition coefficient (Wildman–Crippen LogP) is 3.20. The van der Waals surface area contributed by atoms with Crippen LogP contribution in [0.25, 0.3) is 17.2 Å². The normalized spacial score (nSPS) is 31.9. The number of pyridine rings is 1. The standard InChI is InChI=1S/C24H27N3O3S/c1-15-11-22-24(23(14-28)31(29,30)27-22)20(16(15)2)10-9-19-8-7-18(13-26-19)21-6-4-3-5-17(21)12-25/h3-10,13,15-16,20,22-24,27-28H,11,14H2,1-2H3/t15-,16+,20-,22+,23+,24-/m0/s1. The van der Waals surface area contributed by atoms with Crippen LogP contribution in [0.15, 0.2) is 48.7 Å². The van der Waals surface area contributed by atoms with Gasteiger partial charge in [-0.2, -0.15) is 5.26 Å². The molecule has 0 radical (unpaired) electrons. The van der Waals surface area contributed by atoms with Crippen LogP contribution in [0.5, 0.6) is 0 Å². The van der Waals surface area contributed by atoms with Gasteiger partial charge in [-0.05, 0) is 42.4 Å². The van der Waals surface area contributed by atoms with Gasteiger partial charge in [0.2, 0.25) is 10.0 Å². The topological polar surface area (TPSA) is 103 Å². The van der Waals surface area contributed by atoms with Crippen LogP contribution in [0.4, 0.5) is 0 Å². The number of rotatable bonds is 4. The van der Waals surface area contributed by atoms with Gasteiger partial charge >= 0.3 is 0 Å². The van der Waals surface area contributed by atoms with Crippen LogP contribution in [0, 0.1) is 35.0 Å². The zero-order valence-electron chi connectivity index (χ0n) is 17.6. The molecule has 1 aliphatic carbocycles. The van der Waals surface area contributed by atoms with Crippen LogP contribution in [0.2, 0.25) is 0 Å². The Morgan fingerprint density at radius 3 is 2.71 bits per heavy atom. The summed E-state index contributed by atoms with van der Waals surface area (Å²) in [6.45, 7) is 3.94. The molecule has 7 heteroatoms. The second kappa shape index (κ2) is 8.54. The maximum atomic E-state index is 12.5. The first kappa shape index (κ1) is 21.7. The van der Waals surface area contributed by atoms with Crippen LogP contribution in [-0.2, 0) is 10.0 Å². The Bertz CT molecular complexity index is 1120. The van der Waals surface area contributed by atoms with Crippen molar-refractivity contribution in [2.45, 2.75) is 31.6 Å². The minimum Gasteiger partial charge on any atom is -0.395 e. The van der Waals surface area contributed by atoms with Crippen molar-refractivity contribution in [3.05, 3.63) is 59.9 Å². The summed E-state index contributed by atoms with van der Waals surface area (Å²) < 4.78 is 27.8. The first-order chi connectivity index (χ1) is 14.9. The van der Waals surface area contributed by atoms with Gasteiger partial charge in [0.25, 0.3) is 0 Å². The van der Waals surface area contributed by atoms with Crippen LogP contribution in [0.3, 0.4) is 0 Å². The number of aromatic nitrogens is 1. The highest BCUT2D eigenvalue weighted by Crippen LogP contribution is 2.46. The molecule has 1 aromatic heterocycles. The van der Waals surface area contributed by atoms with Crippen molar-refractivity contribution in [2.75, 3.05) is 6.61 Å². The number of sulfonamides is 1. The lowest BCUT2D eigenvalue weighted by Crippen LogP contribution is -2.44. The highest BCUT2D eigenvalue weighted by atomic mass is 32.2. The third kappa shape index (κ3) is 4.03. The summed E-state index contributed by atoms with van der Waals surface area (Å²) in [6.07, 6.45) is 6.55. The quantitative estimate of drug-likeness (QED) is 0.765. The highest BCUT2D eigenvalue weighted by Gasteiger charge is 2.53. The Kier molecular flexibility index (Phi) is 5.98. The predicted molar refractivity (Wildman–Crippen MR) is 120 cm³/mol. The fourth-order valence-corrected chi connectivity index (χ4v) is 6.97. The average Bonchev–Trinajstić information content (AvgIpc) is 3.03. The molecule has 4 rings (SSSR count). The van der Waals surface area contributed by atoms with Crippen molar-refractivity contribution in [3.8, 4) is 17.2 Å². The Balaban J connectivity index is 1.60. The molecule has 0 unspecified atom stereocenters. The van der Waals surface area contributed by atoms with Crippen LogP contribution < -0.4 is 4.72 Å². The number of hydrogen-bond acceptors (Lipinski definition) is 5. The van der Waals surface area contributed by atoms with Gasteiger partial charge in [-0.15, -0.1) is 0 Å². The Labute approximate surface area is 183 Å². The molecular weight excluding hydrogens is 410 g/mol. The molecule has 0 bridgehead atoms.